The van der Waals surface area contributed by atoms with E-state index in [0.717, 1.165) is 9.13 Å². The number of carbonyl (C=O) groups is 1. The molecule has 0 aliphatic carbocycles. The first-order chi connectivity index (χ1) is 6.16. The van der Waals surface area contributed by atoms with E-state index in [4.69, 9.17) is 5.73 Å². The number of ether oxygens (including phenoxy) is 1. The minimum atomic E-state index is -0.682. The first-order valence-electron chi connectivity index (χ1n) is 3.74. The van der Waals surface area contributed by atoms with E-state index in [2.05, 4.69) is 27.3 Å². The largest absolute Gasteiger partial charge is 0.468 e. The van der Waals surface area contributed by atoms with Crippen LogP contribution in [0.1, 0.15) is 11.6 Å². The van der Waals surface area contributed by atoms with Gasteiger partial charge in [-0.25, -0.2) is 0 Å². The van der Waals surface area contributed by atoms with Gasteiger partial charge < -0.3 is 10.5 Å². The standard InChI is InChI=1S/C9H10INO2.ClH/c1-13-9(12)8(11)6-4-2-3-5-7(6)10;/h2-5,8H,11H2,1H3;1H. The lowest BCUT2D eigenvalue weighted by atomic mass is 10.1. The fraction of sp³-hybridized carbons (Fsp3) is 0.222. The summed E-state index contributed by atoms with van der Waals surface area (Å²) in [6.45, 7) is 0. The van der Waals surface area contributed by atoms with Gasteiger partial charge in [-0.05, 0) is 34.2 Å². The van der Waals surface area contributed by atoms with Crippen molar-refractivity contribution in [2.75, 3.05) is 7.11 Å². The third kappa shape index (κ3) is 3.11. The third-order valence-corrected chi connectivity index (χ3v) is 2.68. The van der Waals surface area contributed by atoms with Crippen molar-refractivity contribution >= 4 is 41.0 Å². The number of halogens is 2. The molecule has 1 rings (SSSR count). The van der Waals surface area contributed by atoms with Crippen LogP contribution < -0.4 is 5.73 Å². The van der Waals surface area contributed by atoms with Crippen LogP contribution in [0.2, 0.25) is 0 Å². The zero-order chi connectivity index (χ0) is 9.84. The van der Waals surface area contributed by atoms with E-state index < -0.39 is 12.0 Å². The Morgan fingerprint density at radius 2 is 2.07 bits per heavy atom. The molecule has 0 heterocycles. The molecule has 1 atom stereocenters. The average molecular weight is 328 g/mol. The molecule has 5 heteroatoms. The Labute approximate surface area is 103 Å². The fourth-order valence-electron chi connectivity index (χ4n) is 0.981. The number of esters is 1. The molecule has 0 aliphatic heterocycles. The van der Waals surface area contributed by atoms with Crippen LogP contribution in [0.15, 0.2) is 24.3 Å². The summed E-state index contributed by atoms with van der Waals surface area (Å²) < 4.78 is 5.52. The molecule has 2 N–H and O–H groups in total. The average Bonchev–Trinajstić information content (AvgIpc) is 2.16. The highest BCUT2D eigenvalue weighted by Crippen LogP contribution is 2.18. The summed E-state index contributed by atoms with van der Waals surface area (Å²) in [6.07, 6.45) is 0. The molecule has 3 nitrogen and oxygen atoms in total. The minimum Gasteiger partial charge on any atom is -0.468 e. The summed E-state index contributed by atoms with van der Waals surface area (Å²) in [6, 6.07) is 6.79. The molecule has 1 aromatic rings. The van der Waals surface area contributed by atoms with Crippen LogP contribution in [-0.2, 0) is 9.53 Å². The summed E-state index contributed by atoms with van der Waals surface area (Å²) in [5.74, 6) is -0.413. The van der Waals surface area contributed by atoms with Gasteiger partial charge in [0.1, 0.15) is 6.04 Å². The smallest absolute Gasteiger partial charge is 0.327 e. The van der Waals surface area contributed by atoms with Crippen molar-refractivity contribution in [1.82, 2.24) is 0 Å². The van der Waals surface area contributed by atoms with E-state index in [1.807, 2.05) is 24.3 Å². The SMILES string of the molecule is COC(=O)C(N)c1ccccc1I.Cl. The predicted molar refractivity (Wildman–Crippen MR) is 65.4 cm³/mol. The summed E-state index contributed by atoms with van der Waals surface area (Å²) in [5.41, 5.74) is 6.47. The van der Waals surface area contributed by atoms with Gasteiger partial charge in [0.2, 0.25) is 0 Å². The second-order valence-electron chi connectivity index (χ2n) is 2.52. The Balaban J connectivity index is 0.00000169. The maximum atomic E-state index is 11.1. The van der Waals surface area contributed by atoms with Crippen molar-refractivity contribution in [3.05, 3.63) is 33.4 Å². The quantitative estimate of drug-likeness (QED) is 0.666. The second-order valence-corrected chi connectivity index (χ2v) is 3.68. The molecule has 0 aliphatic rings. The van der Waals surface area contributed by atoms with E-state index in [1.54, 1.807) is 0 Å². The van der Waals surface area contributed by atoms with E-state index in [1.165, 1.54) is 7.11 Å². The van der Waals surface area contributed by atoms with Gasteiger partial charge in [-0.2, -0.15) is 0 Å². The fourth-order valence-corrected chi connectivity index (χ4v) is 1.70. The van der Waals surface area contributed by atoms with Gasteiger partial charge in [0, 0.05) is 3.57 Å². The lowest BCUT2D eigenvalue weighted by Gasteiger charge is -2.10. The minimum absolute atomic E-state index is 0. The number of methoxy groups -OCH3 is 1. The molecular weight excluding hydrogens is 316 g/mol. The predicted octanol–water partition coefficient (Wildman–Crippen LogP) is 1.89. The van der Waals surface area contributed by atoms with Gasteiger partial charge in [-0.15, -0.1) is 12.4 Å². The Morgan fingerprint density at radius 1 is 1.50 bits per heavy atom. The molecule has 78 valence electrons. The zero-order valence-electron chi connectivity index (χ0n) is 7.57. The lowest BCUT2D eigenvalue weighted by Crippen LogP contribution is -2.23. The number of nitrogens with two attached hydrogens (primary N) is 1. The first kappa shape index (κ1) is 13.7. The maximum absolute atomic E-state index is 11.1. The second kappa shape index (κ2) is 6.21. The van der Waals surface area contributed by atoms with Gasteiger partial charge in [0.05, 0.1) is 7.11 Å². The summed E-state index contributed by atoms with van der Waals surface area (Å²) in [5, 5.41) is 0. The Bertz CT molecular complexity index is 319. The molecule has 0 aromatic heterocycles. The molecule has 0 spiro atoms. The van der Waals surface area contributed by atoms with E-state index >= 15 is 0 Å². The molecule has 0 bridgehead atoms. The number of hydrogen-bond donors (Lipinski definition) is 1. The highest BCUT2D eigenvalue weighted by atomic mass is 127. The number of hydrogen-bond acceptors (Lipinski definition) is 3. The normalized spacial score (nSPS) is 11.4. The summed E-state index contributed by atoms with van der Waals surface area (Å²) >= 11 is 2.14. The van der Waals surface area contributed by atoms with Crippen LogP contribution in [0, 0.1) is 3.57 Å². The monoisotopic (exact) mass is 327 g/mol. The maximum Gasteiger partial charge on any atom is 0.327 e. The van der Waals surface area contributed by atoms with E-state index in [-0.39, 0.29) is 12.4 Å². The molecule has 0 saturated carbocycles. The van der Waals surface area contributed by atoms with Crippen LogP contribution in [0.25, 0.3) is 0 Å². The number of carbonyl (C=O) groups excluding carboxylic acids is 1. The van der Waals surface area contributed by atoms with Gasteiger partial charge in [-0.3, -0.25) is 4.79 Å². The van der Waals surface area contributed by atoms with E-state index in [0.29, 0.717) is 0 Å². The van der Waals surface area contributed by atoms with Crippen LogP contribution >= 0.6 is 35.0 Å². The molecule has 0 saturated heterocycles. The van der Waals surface area contributed by atoms with Crippen LogP contribution in [0.4, 0.5) is 0 Å². The summed E-state index contributed by atoms with van der Waals surface area (Å²) in [7, 11) is 1.33. The van der Waals surface area contributed by atoms with Crippen molar-refractivity contribution in [2.24, 2.45) is 5.73 Å². The number of benzene rings is 1. The highest BCUT2D eigenvalue weighted by molar-refractivity contribution is 14.1. The third-order valence-electron chi connectivity index (χ3n) is 1.70. The van der Waals surface area contributed by atoms with Crippen molar-refractivity contribution in [1.29, 1.82) is 0 Å². The molecule has 1 unspecified atom stereocenters. The van der Waals surface area contributed by atoms with Gasteiger partial charge in [-0.1, -0.05) is 18.2 Å². The Kier molecular flexibility index (Phi) is 6.06. The van der Waals surface area contributed by atoms with Crippen molar-refractivity contribution < 1.29 is 9.53 Å². The van der Waals surface area contributed by atoms with Crippen LogP contribution in [0.3, 0.4) is 0 Å². The topological polar surface area (TPSA) is 52.3 Å². The highest BCUT2D eigenvalue weighted by Gasteiger charge is 2.17. The number of rotatable bonds is 2. The van der Waals surface area contributed by atoms with Crippen LogP contribution in [0.5, 0.6) is 0 Å². The molecule has 0 fully saturated rings. The summed E-state index contributed by atoms with van der Waals surface area (Å²) in [4.78, 5) is 11.1. The lowest BCUT2D eigenvalue weighted by molar-refractivity contribution is -0.142. The first-order valence-corrected chi connectivity index (χ1v) is 4.82. The zero-order valence-corrected chi connectivity index (χ0v) is 10.5. The van der Waals surface area contributed by atoms with Crippen molar-refractivity contribution in [3.8, 4) is 0 Å². The molecule has 14 heavy (non-hydrogen) atoms. The molecular formula is C9H11ClINO2. The van der Waals surface area contributed by atoms with E-state index in [9.17, 15) is 4.79 Å². The Hall–Kier alpha value is -0.330. The van der Waals surface area contributed by atoms with Crippen LogP contribution in [-0.4, -0.2) is 13.1 Å². The Morgan fingerprint density at radius 3 is 2.57 bits per heavy atom. The van der Waals surface area contributed by atoms with Gasteiger partial charge >= 0.3 is 5.97 Å². The van der Waals surface area contributed by atoms with Crippen molar-refractivity contribution in [3.63, 3.8) is 0 Å². The van der Waals surface area contributed by atoms with Gasteiger partial charge in [0.25, 0.3) is 0 Å². The van der Waals surface area contributed by atoms with Crippen molar-refractivity contribution in [2.45, 2.75) is 6.04 Å². The molecule has 0 amide bonds. The molecule has 1 aromatic carbocycles. The van der Waals surface area contributed by atoms with Gasteiger partial charge in [0.15, 0.2) is 0 Å². The molecule has 0 radical (unpaired) electrons.